The second-order valence-corrected chi connectivity index (χ2v) is 6.01. The first-order valence-electron chi connectivity index (χ1n) is 7.74. The number of nitrogens with one attached hydrogen (secondary N) is 1. The highest BCUT2D eigenvalue weighted by Gasteiger charge is 2.36. The second kappa shape index (κ2) is 6.07. The standard InChI is InChI=1S/C17H20N2O5/c1-9(2)24-16(20)14-10(3)19(4)17(21)18-15(14)11-5-6-12-13(7-11)23-8-22-12/h5-7,9,15H,8H2,1-4H3,(H,18,21)/t15-/m0/s1. The van der Waals surface area contributed by atoms with Crippen LogP contribution in [0.2, 0.25) is 0 Å². The maximum Gasteiger partial charge on any atom is 0.338 e. The third kappa shape index (κ3) is 2.77. The molecule has 2 amide bonds. The summed E-state index contributed by atoms with van der Waals surface area (Å²) in [6.07, 6.45) is -0.252. The summed E-state index contributed by atoms with van der Waals surface area (Å²) in [5.74, 6) is 0.789. The summed E-state index contributed by atoms with van der Waals surface area (Å²) >= 11 is 0. The SMILES string of the molecule is CC1=C(C(=O)OC(C)C)[C@H](c2ccc3c(c2)OCO3)NC(=O)N1C. The minimum Gasteiger partial charge on any atom is -0.459 e. The molecule has 0 bridgehead atoms. The Morgan fingerprint density at radius 2 is 2.04 bits per heavy atom. The third-order valence-electron chi connectivity index (χ3n) is 4.05. The van der Waals surface area contributed by atoms with E-state index >= 15 is 0 Å². The van der Waals surface area contributed by atoms with Gasteiger partial charge in [-0.05, 0) is 38.5 Å². The molecular formula is C17H20N2O5. The van der Waals surface area contributed by atoms with Crippen LogP contribution in [0.15, 0.2) is 29.5 Å². The number of allylic oxidation sites excluding steroid dienone is 1. The van der Waals surface area contributed by atoms with Crippen molar-refractivity contribution in [2.24, 2.45) is 0 Å². The summed E-state index contributed by atoms with van der Waals surface area (Å²) in [5, 5.41) is 2.84. The van der Waals surface area contributed by atoms with E-state index in [0.717, 1.165) is 5.56 Å². The molecule has 0 aliphatic carbocycles. The van der Waals surface area contributed by atoms with Crippen LogP contribution in [0.25, 0.3) is 0 Å². The number of ether oxygens (including phenoxy) is 3. The zero-order valence-corrected chi connectivity index (χ0v) is 14.1. The van der Waals surface area contributed by atoms with E-state index in [2.05, 4.69) is 5.32 Å². The van der Waals surface area contributed by atoms with E-state index in [9.17, 15) is 9.59 Å². The largest absolute Gasteiger partial charge is 0.459 e. The molecule has 1 aromatic rings. The molecule has 7 nitrogen and oxygen atoms in total. The number of urea groups is 1. The molecule has 128 valence electrons. The Labute approximate surface area is 140 Å². The van der Waals surface area contributed by atoms with E-state index in [4.69, 9.17) is 14.2 Å². The van der Waals surface area contributed by atoms with Gasteiger partial charge >= 0.3 is 12.0 Å². The van der Waals surface area contributed by atoms with Gasteiger partial charge in [0.15, 0.2) is 11.5 Å². The quantitative estimate of drug-likeness (QED) is 0.860. The predicted molar refractivity (Wildman–Crippen MR) is 85.5 cm³/mol. The number of fused-ring (bicyclic) bond motifs is 1. The fraction of sp³-hybridized carbons (Fsp3) is 0.412. The van der Waals surface area contributed by atoms with Gasteiger partial charge in [0.25, 0.3) is 0 Å². The molecule has 0 saturated carbocycles. The number of hydrogen-bond acceptors (Lipinski definition) is 5. The van der Waals surface area contributed by atoms with Gasteiger partial charge in [-0.15, -0.1) is 0 Å². The molecule has 2 heterocycles. The number of esters is 1. The fourth-order valence-electron chi connectivity index (χ4n) is 2.72. The average molecular weight is 332 g/mol. The molecule has 1 atom stereocenters. The van der Waals surface area contributed by atoms with E-state index < -0.39 is 12.0 Å². The Kier molecular flexibility index (Phi) is 4.09. The minimum absolute atomic E-state index is 0.162. The number of benzene rings is 1. The van der Waals surface area contributed by atoms with Crippen LogP contribution in [-0.4, -0.2) is 36.8 Å². The lowest BCUT2D eigenvalue weighted by molar-refractivity contribution is -0.143. The summed E-state index contributed by atoms with van der Waals surface area (Å²) in [6, 6.07) is 4.46. The summed E-state index contributed by atoms with van der Waals surface area (Å²) in [6.45, 7) is 5.47. The van der Waals surface area contributed by atoms with Gasteiger partial charge in [-0.1, -0.05) is 6.07 Å². The topological polar surface area (TPSA) is 77.1 Å². The smallest absolute Gasteiger partial charge is 0.338 e. The van der Waals surface area contributed by atoms with Crippen LogP contribution in [-0.2, 0) is 9.53 Å². The number of carbonyl (C=O) groups is 2. The van der Waals surface area contributed by atoms with Crippen LogP contribution in [0.5, 0.6) is 11.5 Å². The highest BCUT2D eigenvalue weighted by atomic mass is 16.7. The van der Waals surface area contributed by atoms with Crippen LogP contribution in [0, 0.1) is 0 Å². The van der Waals surface area contributed by atoms with Crippen molar-refractivity contribution in [2.45, 2.75) is 32.9 Å². The second-order valence-electron chi connectivity index (χ2n) is 6.01. The molecule has 2 aliphatic heterocycles. The summed E-state index contributed by atoms with van der Waals surface area (Å²) < 4.78 is 16.1. The van der Waals surface area contributed by atoms with Crippen molar-refractivity contribution < 1.29 is 23.8 Å². The summed E-state index contributed by atoms with van der Waals surface area (Å²) in [4.78, 5) is 26.2. The van der Waals surface area contributed by atoms with E-state index in [1.807, 2.05) is 0 Å². The molecule has 0 spiro atoms. The van der Waals surface area contributed by atoms with Crippen molar-refractivity contribution in [2.75, 3.05) is 13.8 Å². The monoisotopic (exact) mass is 332 g/mol. The van der Waals surface area contributed by atoms with Gasteiger partial charge in [-0.25, -0.2) is 9.59 Å². The molecule has 1 aromatic carbocycles. The summed E-state index contributed by atoms with van der Waals surface area (Å²) in [7, 11) is 1.61. The third-order valence-corrected chi connectivity index (χ3v) is 4.05. The van der Waals surface area contributed by atoms with Crippen molar-refractivity contribution in [1.29, 1.82) is 0 Å². The Morgan fingerprint density at radius 1 is 1.33 bits per heavy atom. The number of amides is 2. The van der Waals surface area contributed by atoms with Crippen LogP contribution >= 0.6 is 0 Å². The molecule has 1 N–H and O–H groups in total. The van der Waals surface area contributed by atoms with Gasteiger partial charge in [0.05, 0.1) is 17.7 Å². The van der Waals surface area contributed by atoms with E-state index in [0.29, 0.717) is 22.8 Å². The number of carbonyl (C=O) groups excluding carboxylic acids is 2. The lowest BCUT2D eigenvalue weighted by atomic mass is 9.94. The van der Waals surface area contributed by atoms with Gasteiger partial charge in [-0.3, -0.25) is 0 Å². The van der Waals surface area contributed by atoms with Gasteiger partial charge in [0, 0.05) is 12.7 Å². The van der Waals surface area contributed by atoms with Crippen LogP contribution in [0.1, 0.15) is 32.4 Å². The normalized spacial score (nSPS) is 19.6. The van der Waals surface area contributed by atoms with E-state index in [1.165, 1.54) is 4.90 Å². The highest BCUT2D eigenvalue weighted by molar-refractivity contribution is 5.95. The molecule has 0 radical (unpaired) electrons. The first-order chi connectivity index (χ1) is 11.4. The first-order valence-corrected chi connectivity index (χ1v) is 7.74. The lowest BCUT2D eigenvalue weighted by Gasteiger charge is -2.33. The van der Waals surface area contributed by atoms with Gasteiger partial charge in [0.1, 0.15) is 0 Å². The van der Waals surface area contributed by atoms with Crippen LogP contribution in [0.3, 0.4) is 0 Å². The van der Waals surface area contributed by atoms with Crippen molar-refractivity contribution >= 4 is 12.0 Å². The molecular weight excluding hydrogens is 312 g/mol. The Bertz CT molecular complexity index is 726. The molecule has 0 unspecified atom stereocenters. The maximum absolute atomic E-state index is 12.6. The average Bonchev–Trinajstić information content (AvgIpc) is 2.98. The van der Waals surface area contributed by atoms with Gasteiger partial charge < -0.3 is 24.4 Å². The molecule has 3 rings (SSSR count). The number of nitrogens with zero attached hydrogens (tertiary/aromatic N) is 1. The Balaban J connectivity index is 2.03. The first kappa shape index (κ1) is 16.2. The molecule has 0 saturated heterocycles. The Hall–Kier alpha value is -2.70. The van der Waals surface area contributed by atoms with Crippen LogP contribution < -0.4 is 14.8 Å². The molecule has 0 aromatic heterocycles. The minimum atomic E-state index is -0.602. The van der Waals surface area contributed by atoms with Crippen LogP contribution in [0.4, 0.5) is 4.79 Å². The molecule has 7 heteroatoms. The molecule has 0 fully saturated rings. The number of hydrogen-bond donors (Lipinski definition) is 1. The fourth-order valence-corrected chi connectivity index (χ4v) is 2.72. The van der Waals surface area contributed by atoms with Gasteiger partial charge in [0.2, 0.25) is 6.79 Å². The summed E-state index contributed by atoms with van der Waals surface area (Å²) in [5.41, 5.74) is 1.70. The van der Waals surface area contributed by atoms with E-state index in [-0.39, 0.29) is 18.9 Å². The predicted octanol–water partition coefficient (Wildman–Crippen LogP) is 2.34. The maximum atomic E-state index is 12.6. The van der Waals surface area contributed by atoms with Crippen molar-refractivity contribution in [3.63, 3.8) is 0 Å². The zero-order valence-electron chi connectivity index (χ0n) is 14.1. The lowest BCUT2D eigenvalue weighted by Crippen LogP contribution is -2.46. The zero-order chi connectivity index (χ0) is 17.4. The Morgan fingerprint density at radius 3 is 2.75 bits per heavy atom. The van der Waals surface area contributed by atoms with Crippen molar-refractivity contribution in [3.05, 3.63) is 35.0 Å². The van der Waals surface area contributed by atoms with Crippen molar-refractivity contribution in [3.8, 4) is 11.5 Å². The van der Waals surface area contributed by atoms with Crippen molar-refractivity contribution in [1.82, 2.24) is 10.2 Å². The van der Waals surface area contributed by atoms with Gasteiger partial charge in [-0.2, -0.15) is 0 Å². The molecule has 2 aliphatic rings. The number of rotatable bonds is 3. The highest BCUT2D eigenvalue weighted by Crippen LogP contribution is 2.37. The molecule has 24 heavy (non-hydrogen) atoms. The van der Waals surface area contributed by atoms with E-state index in [1.54, 1.807) is 46.0 Å².